The summed E-state index contributed by atoms with van der Waals surface area (Å²) in [5.41, 5.74) is 4.30. The number of aliphatic hydroxyl groups is 1. The van der Waals surface area contributed by atoms with E-state index in [-0.39, 0.29) is 6.42 Å². The number of aromatic nitrogens is 2. The van der Waals surface area contributed by atoms with Crippen molar-refractivity contribution in [2.24, 2.45) is 5.73 Å². The van der Waals surface area contributed by atoms with Crippen LogP contribution in [0.25, 0.3) is 0 Å². The molecule has 0 fully saturated rings. The molecule has 0 aromatic carbocycles. The van der Waals surface area contributed by atoms with Crippen molar-refractivity contribution in [3.63, 3.8) is 0 Å². The highest BCUT2D eigenvalue weighted by Gasteiger charge is 2.34. The molecule has 5 N–H and O–H groups in total. The first-order chi connectivity index (χ1) is 6.08. The second-order valence-electron chi connectivity index (χ2n) is 2.86. The van der Waals surface area contributed by atoms with Crippen molar-refractivity contribution >= 4 is 5.97 Å². The van der Waals surface area contributed by atoms with Crippen molar-refractivity contribution in [3.05, 3.63) is 18.2 Å². The number of nitrogens with one attached hydrogen (secondary N) is 1. The van der Waals surface area contributed by atoms with Crippen LogP contribution in [0.3, 0.4) is 0 Å². The highest BCUT2D eigenvalue weighted by molar-refractivity contribution is 5.79. The van der Waals surface area contributed by atoms with Crippen LogP contribution in [0.4, 0.5) is 0 Å². The van der Waals surface area contributed by atoms with Gasteiger partial charge < -0.3 is 20.9 Å². The molecule has 0 aliphatic rings. The fourth-order valence-electron chi connectivity index (χ4n) is 0.910. The molecule has 1 heterocycles. The minimum absolute atomic E-state index is 0.00231. The number of rotatable bonds is 4. The molecule has 0 unspecified atom stereocenters. The lowest BCUT2D eigenvalue weighted by Crippen LogP contribution is -2.53. The first-order valence-corrected chi connectivity index (χ1v) is 3.69. The molecule has 1 aromatic rings. The van der Waals surface area contributed by atoms with Crippen LogP contribution in [0, 0.1) is 0 Å². The smallest absolute Gasteiger partial charge is 0.326 e. The van der Waals surface area contributed by atoms with Crippen LogP contribution in [0.1, 0.15) is 5.69 Å². The molecule has 0 saturated heterocycles. The zero-order valence-electron chi connectivity index (χ0n) is 6.90. The Morgan fingerprint density at radius 2 is 2.46 bits per heavy atom. The largest absolute Gasteiger partial charge is 0.480 e. The summed E-state index contributed by atoms with van der Waals surface area (Å²) in [6.45, 7) is -0.616. The maximum Gasteiger partial charge on any atom is 0.326 e. The minimum Gasteiger partial charge on any atom is -0.480 e. The first kappa shape index (κ1) is 9.69. The molecule has 0 radical (unpaired) electrons. The number of nitrogens with zero attached hydrogens (tertiary/aromatic N) is 1. The molecule has 6 nitrogen and oxygen atoms in total. The number of aromatic amines is 1. The predicted molar refractivity (Wildman–Crippen MR) is 43.9 cm³/mol. The normalized spacial score (nSPS) is 15.2. The van der Waals surface area contributed by atoms with E-state index in [4.69, 9.17) is 15.9 Å². The van der Waals surface area contributed by atoms with E-state index in [0.717, 1.165) is 0 Å². The number of carbonyl (C=O) groups is 1. The lowest BCUT2D eigenvalue weighted by Gasteiger charge is -2.20. The Bertz CT molecular complexity index is 285. The van der Waals surface area contributed by atoms with Crippen LogP contribution in [-0.2, 0) is 11.2 Å². The number of carboxylic acids is 1. The van der Waals surface area contributed by atoms with Gasteiger partial charge in [-0.15, -0.1) is 0 Å². The highest BCUT2D eigenvalue weighted by Crippen LogP contribution is 2.08. The van der Waals surface area contributed by atoms with Crippen molar-refractivity contribution in [1.82, 2.24) is 9.97 Å². The number of carboxylic acid groups (broad SMARTS) is 1. The molecular formula is C7H11N3O3. The van der Waals surface area contributed by atoms with E-state index in [2.05, 4.69) is 9.97 Å². The van der Waals surface area contributed by atoms with Crippen molar-refractivity contribution in [3.8, 4) is 0 Å². The molecule has 0 saturated carbocycles. The van der Waals surface area contributed by atoms with Gasteiger partial charge in [0.05, 0.1) is 18.6 Å². The van der Waals surface area contributed by atoms with Gasteiger partial charge in [-0.25, -0.2) is 4.98 Å². The molecule has 13 heavy (non-hydrogen) atoms. The Morgan fingerprint density at radius 3 is 2.85 bits per heavy atom. The van der Waals surface area contributed by atoms with Crippen molar-refractivity contribution in [2.45, 2.75) is 12.0 Å². The third-order valence-electron chi connectivity index (χ3n) is 1.76. The first-order valence-electron chi connectivity index (χ1n) is 3.69. The Hall–Kier alpha value is -1.40. The average molecular weight is 185 g/mol. The summed E-state index contributed by atoms with van der Waals surface area (Å²) in [6.07, 6.45) is 2.97. The van der Waals surface area contributed by atoms with Gasteiger partial charge in [-0.3, -0.25) is 4.79 Å². The summed E-state index contributed by atoms with van der Waals surface area (Å²) >= 11 is 0. The molecule has 72 valence electrons. The maximum absolute atomic E-state index is 10.7. The quantitative estimate of drug-likeness (QED) is 0.467. The van der Waals surface area contributed by atoms with Crippen LogP contribution in [0.15, 0.2) is 12.5 Å². The number of aliphatic carboxylic acids is 1. The molecule has 0 aliphatic carbocycles. The second-order valence-corrected chi connectivity index (χ2v) is 2.86. The number of aliphatic hydroxyl groups excluding tert-OH is 1. The average Bonchev–Trinajstić information content (AvgIpc) is 2.56. The maximum atomic E-state index is 10.7. The molecule has 1 atom stereocenters. The fraction of sp³-hybridized carbons (Fsp3) is 0.429. The van der Waals surface area contributed by atoms with Crippen molar-refractivity contribution in [1.29, 1.82) is 0 Å². The van der Waals surface area contributed by atoms with Crippen LogP contribution < -0.4 is 5.73 Å². The van der Waals surface area contributed by atoms with E-state index in [9.17, 15) is 4.79 Å². The summed E-state index contributed by atoms with van der Waals surface area (Å²) in [5.74, 6) is -1.24. The molecule has 0 aliphatic heterocycles. The van der Waals surface area contributed by atoms with Crippen molar-refractivity contribution < 1.29 is 15.0 Å². The van der Waals surface area contributed by atoms with Gasteiger partial charge in [-0.05, 0) is 0 Å². The second kappa shape index (κ2) is 3.55. The monoisotopic (exact) mass is 185 g/mol. The topological polar surface area (TPSA) is 112 Å². The molecule has 1 rings (SSSR count). The van der Waals surface area contributed by atoms with Crippen LogP contribution in [0.5, 0.6) is 0 Å². The van der Waals surface area contributed by atoms with Gasteiger partial charge in [0.2, 0.25) is 0 Å². The summed E-state index contributed by atoms with van der Waals surface area (Å²) in [7, 11) is 0. The molecule has 0 bridgehead atoms. The number of nitrogens with two attached hydrogens (primary N) is 1. The molecule has 0 amide bonds. The zero-order valence-corrected chi connectivity index (χ0v) is 6.90. The third kappa shape index (κ3) is 2.04. The van der Waals surface area contributed by atoms with Gasteiger partial charge >= 0.3 is 5.97 Å². The van der Waals surface area contributed by atoms with Crippen LogP contribution in [-0.4, -0.2) is 38.3 Å². The number of imidazole rings is 1. The Kier molecular flexibility index (Phi) is 2.64. The lowest BCUT2D eigenvalue weighted by atomic mass is 9.96. The summed E-state index contributed by atoms with van der Waals surface area (Å²) in [6, 6.07) is 0. The van der Waals surface area contributed by atoms with Gasteiger partial charge in [-0.2, -0.15) is 0 Å². The van der Waals surface area contributed by atoms with Gasteiger partial charge in [0.1, 0.15) is 5.54 Å². The standard InChI is InChI=1S/C7H11N3O3/c8-7(3-11,6(12)13)1-5-2-9-4-10-5/h2,4,11H,1,3,8H2,(H,9,10)(H,12,13)/t7-/m1/s1. The SMILES string of the molecule is N[C@@](CO)(Cc1c[nH]cn1)C(=O)O. The zero-order chi connectivity index (χ0) is 9.90. The van der Waals surface area contributed by atoms with Crippen LogP contribution in [0.2, 0.25) is 0 Å². The van der Waals surface area contributed by atoms with E-state index < -0.39 is 18.1 Å². The number of hydrogen-bond donors (Lipinski definition) is 4. The van der Waals surface area contributed by atoms with Crippen molar-refractivity contribution in [2.75, 3.05) is 6.61 Å². The molecule has 1 aromatic heterocycles. The molecular weight excluding hydrogens is 174 g/mol. The van der Waals surface area contributed by atoms with E-state index in [0.29, 0.717) is 5.69 Å². The summed E-state index contributed by atoms with van der Waals surface area (Å²) in [4.78, 5) is 17.2. The number of hydrogen-bond acceptors (Lipinski definition) is 4. The highest BCUT2D eigenvalue weighted by atomic mass is 16.4. The Labute approximate surface area is 74.4 Å². The van der Waals surface area contributed by atoms with E-state index >= 15 is 0 Å². The van der Waals surface area contributed by atoms with Crippen LogP contribution >= 0.6 is 0 Å². The van der Waals surface area contributed by atoms with Gasteiger partial charge in [0.25, 0.3) is 0 Å². The van der Waals surface area contributed by atoms with Gasteiger partial charge in [-0.1, -0.05) is 0 Å². The molecule has 0 spiro atoms. The minimum atomic E-state index is -1.64. The number of H-pyrrole nitrogens is 1. The fourth-order valence-corrected chi connectivity index (χ4v) is 0.910. The van der Waals surface area contributed by atoms with E-state index in [1.165, 1.54) is 6.33 Å². The lowest BCUT2D eigenvalue weighted by molar-refractivity contribution is -0.144. The van der Waals surface area contributed by atoms with Gasteiger partial charge in [0, 0.05) is 12.6 Å². The predicted octanol–water partition coefficient (Wildman–Crippen LogP) is -1.27. The summed E-state index contributed by atoms with van der Waals surface area (Å²) < 4.78 is 0. The Morgan fingerprint density at radius 1 is 1.77 bits per heavy atom. The molecule has 6 heteroatoms. The third-order valence-corrected chi connectivity index (χ3v) is 1.76. The van der Waals surface area contributed by atoms with E-state index in [1.807, 2.05) is 0 Å². The summed E-state index contributed by atoms with van der Waals surface area (Å²) in [5, 5.41) is 17.5. The van der Waals surface area contributed by atoms with Gasteiger partial charge in [0.15, 0.2) is 0 Å². The van der Waals surface area contributed by atoms with E-state index in [1.54, 1.807) is 6.20 Å². The Balaban J connectivity index is 2.75.